The zero-order valence-electron chi connectivity index (χ0n) is 9.03. The van der Waals surface area contributed by atoms with Crippen molar-refractivity contribution in [3.63, 3.8) is 0 Å². The average molecular weight is 225 g/mol. The summed E-state index contributed by atoms with van der Waals surface area (Å²) in [5, 5.41) is 2.80. The lowest BCUT2D eigenvalue weighted by Gasteiger charge is -2.01. The van der Waals surface area contributed by atoms with Gasteiger partial charge in [-0.1, -0.05) is 6.07 Å². The fourth-order valence-corrected chi connectivity index (χ4v) is 2.01. The number of fused-ring (bicyclic) bond motifs is 1. The van der Waals surface area contributed by atoms with Gasteiger partial charge in [0.25, 0.3) is 5.91 Å². The molecule has 0 spiro atoms. The van der Waals surface area contributed by atoms with Gasteiger partial charge in [0.2, 0.25) is 0 Å². The third kappa shape index (κ3) is 1.50. The third-order valence-electron chi connectivity index (χ3n) is 2.78. The van der Waals surface area contributed by atoms with E-state index in [0.29, 0.717) is 11.3 Å². The Labute approximate surface area is 98.1 Å². The Hall–Kier alpha value is -2.49. The number of rotatable bonds is 1. The van der Waals surface area contributed by atoms with Crippen molar-refractivity contribution in [2.24, 2.45) is 0 Å². The van der Waals surface area contributed by atoms with Gasteiger partial charge in [0.05, 0.1) is 11.3 Å². The Balaban J connectivity index is 2.17. The van der Waals surface area contributed by atoms with Crippen molar-refractivity contribution in [2.75, 3.05) is 11.1 Å². The number of aromatic nitrogens is 1. The van der Waals surface area contributed by atoms with Gasteiger partial charge in [-0.05, 0) is 30.3 Å². The van der Waals surface area contributed by atoms with Crippen LogP contribution in [0.1, 0.15) is 11.3 Å². The molecule has 0 aliphatic carbocycles. The van der Waals surface area contributed by atoms with Crippen molar-refractivity contribution < 1.29 is 4.79 Å². The number of hydrogen-bond acceptors (Lipinski definition) is 2. The predicted octanol–water partition coefficient (Wildman–Crippen LogP) is 2.09. The van der Waals surface area contributed by atoms with E-state index in [1.807, 2.05) is 30.5 Å². The number of anilines is 2. The van der Waals surface area contributed by atoms with Crippen molar-refractivity contribution in [3.8, 4) is 0 Å². The smallest absolute Gasteiger partial charge is 0.256 e. The Bertz CT molecular complexity index is 612. The molecule has 17 heavy (non-hydrogen) atoms. The molecular formula is C13H11N3O. The fraction of sp³-hybridized carbons (Fsp3) is 0. The van der Waals surface area contributed by atoms with Crippen molar-refractivity contribution in [1.82, 2.24) is 4.98 Å². The van der Waals surface area contributed by atoms with E-state index in [1.54, 1.807) is 12.1 Å². The highest BCUT2D eigenvalue weighted by atomic mass is 16.2. The molecule has 1 aliphatic rings. The van der Waals surface area contributed by atoms with Gasteiger partial charge in [-0.2, -0.15) is 0 Å². The number of nitrogens with two attached hydrogens (primary N) is 1. The zero-order chi connectivity index (χ0) is 11.8. The molecule has 1 aromatic carbocycles. The molecule has 1 aliphatic heterocycles. The minimum atomic E-state index is -0.118. The minimum Gasteiger partial charge on any atom is -0.398 e. The molecule has 4 nitrogen and oxygen atoms in total. The van der Waals surface area contributed by atoms with E-state index in [0.717, 1.165) is 16.9 Å². The number of nitrogen functional groups attached to an aromatic ring is 1. The largest absolute Gasteiger partial charge is 0.398 e. The summed E-state index contributed by atoms with van der Waals surface area (Å²) in [6, 6.07) is 9.25. The van der Waals surface area contributed by atoms with Crippen LogP contribution in [-0.4, -0.2) is 10.9 Å². The van der Waals surface area contributed by atoms with Crippen LogP contribution in [0.2, 0.25) is 0 Å². The lowest BCUT2D eigenvalue weighted by atomic mass is 10.0. The van der Waals surface area contributed by atoms with Gasteiger partial charge in [0, 0.05) is 23.1 Å². The lowest BCUT2D eigenvalue weighted by Crippen LogP contribution is -2.03. The molecule has 84 valence electrons. The SMILES string of the molecule is Nc1cccc2c1C(=Cc1ccc[nH]1)C(=O)N2. The van der Waals surface area contributed by atoms with Crippen LogP contribution in [0.25, 0.3) is 11.6 Å². The number of aromatic amines is 1. The highest BCUT2D eigenvalue weighted by Crippen LogP contribution is 2.36. The number of nitrogens with one attached hydrogen (secondary N) is 2. The van der Waals surface area contributed by atoms with Crippen LogP contribution >= 0.6 is 0 Å². The highest BCUT2D eigenvalue weighted by Gasteiger charge is 2.25. The Morgan fingerprint density at radius 3 is 2.82 bits per heavy atom. The van der Waals surface area contributed by atoms with E-state index >= 15 is 0 Å². The monoisotopic (exact) mass is 225 g/mol. The first-order valence-electron chi connectivity index (χ1n) is 5.31. The van der Waals surface area contributed by atoms with Crippen LogP contribution < -0.4 is 11.1 Å². The maximum atomic E-state index is 11.9. The van der Waals surface area contributed by atoms with Gasteiger partial charge in [-0.15, -0.1) is 0 Å². The van der Waals surface area contributed by atoms with Crippen LogP contribution in [0.3, 0.4) is 0 Å². The Morgan fingerprint density at radius 2 is 2.06 bits per heavy atom. The molecule has 0 unspecified atom stereocenters. The van der Waals surface area contributed by atoms with E-state index in [-0.39, 0.29) is 5.91 Å². The molecule has 0 radical (unpaired) electrons. The standard InChI is InChI=1S/C13H11N3O/c14-10-4-1-5-11-12(10)9(13(17)16-11)7-8-3-2-6-15-8/h1-7,15H,14H2,(H,16,17). The summed E-state index contributed by atoms with van der Waals surface area (Å²) in [5.74, 6) is -0.118. The molecule has 1 aromatic heterocycles. The molecule has 4 heteroatoms. The minimum absolute atomic E-state index is 0.118. The predicted molar refractivity (Wildman–Crippen MR) is 68.1 cm³/mol. The molecular weight excluding hydrogens is 214 g/mol. The van der Waals surface area contributed by atoms with Gasteiger partial charge in [-0.25, -0.2) is 0 Å². The third-order valence-corrected chi connectivity index (χ3v) is 2.78. The summed E-state index contributed by atoms with van der Waals surface area (Å²) < 4.78 is 0. The maximum absolute atomic E-state index is 11.9. The molecule has 0 atom stereocenters. The van der Waals surface area contributed by atoms with Crippen molar-refractivity contribution >= 4 is 28.9 Å². The summed E-state index contributed by atoms with van der Waals surface area (Å²) in [4.78, 5) is 14.9. The van der Waals surface area contributed by atoms with Crippen LogP contribution in [0.5, 0.6) is 0 Å². The summed E-state index contributed by atoms with van der Waals surface area (Å²) in [6.45, 7) is 0. The maximum Gasteiger partial charge on any atom is 0.256 e. The van der Waals surface area contributed by atoms with Crippen LogP contribution in [-0.2, 0) is 4.79 Å². The van der Waals surface area contributed by atoms with Crippen molar-refractivity contribution in [3.05, 3.63) is 47.8 Å². The molecule has 2 aromatic rings. The molecule has 0 saturated heterocycles. The Kier molecular flexibility index (Phi) is 2.01. The number of benzene rings is 1. The van der Waals surface area contributed by atoms with Crippen LogP contribution in [0.15, 0.2) is 36.5 Å². The summed E-state index contributed by atoms with van der Waals surface area (Å²) in [6.07, 6.45) is 3.62. The first-order chi connectivity index (χ1) is 8.25. The second kappa shape index (κ2) is 3.52. The summed E-state index contributed by atoms with van der Waals surface area (Å²) in [5.41, 5.74) is 9.55. The van der Waals surface area contributed by atoms with Crippen LogP contribution in [0, 0.1) is 0 Å². The molecule has 3 rings (SSSR count). The lowest BCUT2D eigenvalue weighted by molar-refractivity contribution is -0.110. The van der Waals surface area contributed by atoms with E-state index in [1.165, 1.54) is 0 Å². The zero-order valence-corrected chi connectivity index (χ0v) is 9.03. The van der Waals surface area contributed by atoms with E-state index < -0.39 is 0 Å². The first kappa shape index (κ1) is 9.72. The number of hydrogen-bond donors (Lipinski definition) is 3. The summed E-state index contributed by atoms with van der Waals surface area (Å²) >= 11 is 0. The molecule has 4 N–H and O–H groups in total. The van der Waals surface area contributed by atoms with Crippen molar-refractivity contribution in [1.29, 1.82) is 0 Å². The number of carbonyl (C=O) groups excluding carboxylic acids is 1. The quantitative estimate of drug-likeness (QED) is 0.513. The van der Waals surface area contributed by atoms with Gasteiger partial charge >= 0.3 is 0 Å². The molecule has 1 amide bonds. The van der Waals surface area contributed by atoms with Gasteiger partial charge in [-0.3, -0.25) is 4.79 Å². The second-order valence-corrected chi connectivity index (χ2v) is 3.91. The average Bonchev–Trinajstić information content (AvgIpc) is 2.89. The van der Waals surface area contributed by atoms with Crippen molar-refractivity contribution in [2.45, 2.75) is 0 Å². The topological polar surface area (TPSA) is 70.9 Å². The molecule has 2 heterocycles. The molecule has 0 saturated carbocycles. The second-order valence-electron chi connectivity index (χ2n) is 3.91. The highest BCUT2D eigenvalue weighted by molar-refractivity contribution is 6.36. The van der Waals surface area contributed by atoms with Gasteiger partial charge in [0.1, 0.15) is 0 Å². The molecule has 0 bridgehead atoms. The summed E-state index contributed by atoms with van der Waals surface area (Å²) in [7, 11) is 0. The van der Waals surface area contributed by atoms with Gasteiger partial charge in [0.15, 0.2) is 0 Å². The van der Waals surface area contributed by atoms with E-state index in [2.05, 4.69) is 10.3 Å². The van der Waals surface area contributed by atoms with Gasteiger partial charge < -0.3 is 16.0 Å². The number of amides is 1. The van der Waals surface area contributed by atoms with Crippen LogP contribution in [0.4, 0.5) is 11.4 Å². The van der Waals surface area contributed by atoms with E-state index in [9.17, 15) is 4.79 Å². The fourth-order valence-electron chi connectivity index (χ4n) is 2.01. The first-order valence-corrected chi connectivity index (χ1v) is 5.31. The number of carbonyl (C=O) groups is 1. The Morgan fingerprint density at radius 1 is 1.18 bits per heavy atom. The number of H-pyrrole nitrogens is 1. The molecule has 0 fully saturated rings. The normalized spacial score (nSPS) is 16.0. The van der Waals surface area contributed by atoms with E-state index in [4.69, 9.17) is 5.73 Å².